The van der Waals surface area contributed by atoms with Gasteiger partial charge in [-0.05, 0) is 19.1 Å². The highest BCUT2D eigenvalue weighted by atomic mass is 16.5. The third-order valence-corrected chi connectivity index (χ3v) is 1.67. The molecule has 0 saturated carbocycles. The molecule has 0 heterocycles. The van der Waals surface area contributed by atoms with Gasteiger partial charge < -0.3 is 10.5 Å². The minimum atomic E-state index is -0.0606. The zero-order chi connectivity index (χ0) is 9.68. The summed E-state index contributed by atoms with van der Waals surface area (Å²) in [5, 5.41) is 8.74. The van der Waals surface area contributed by atoms with Crippen LogP contribution in [0.5, 0.6) is 5.75 Å². The molecule has 0 spiro atoms. The van der Waals surface area contributed by atoms with Gasteiger partial charge in [0, 0.05) is 6.54 Å². The van der Waals surface area contributed by atoms with Crippen molar-refractivity contribution in [3.8, 4) is 11.8 Å². The van der Waals surface area contributed by atoms with Crippen LogP contribution < -0.4 is 10.5 Å². The van der Waals surface area contributed by atoms with E-state index in [0.717, 1.165) is 0 Å². The lowest BCUT2D eigenvalue weighted by Gasteiger charge is -2.12. The molecule has 0 fully saturated rings. The number of hydrogen-bond donors (Lipinski definition) is 1. The Morgan fingerprint density at radius 3 is 2.85 bits per heavy atom. The van der Waals surface area contributed by atoms with E-state index < -0.39 is 0 Å². The normalized spacial score (nSPS) is 11.8. The van der Waals surface area contributed by atoms with Crippen molar-refractivity contribution in [1.29, 1.82) is 5.26 Å². The Hall–Kier alpha value is -1.53. The van der Waals surface area contributed by atoms with Crippen LogP contribution in [0.15, 0.2) is 24.3 Å². The van der Waals surface area contributed by atoms with Crippen LogP contribution in [-0.2, 0) is 0 Å². The van der Waals surface area contributed by atoms with E-state index in [4.69, 9.17) is 15.7 Å². The molecule has 68 valence electrons. The SMILES string of the molecule is CC(CN)Oc1ccccc1C#N. The molecule has 1 atom stereocenters. The van der Waals surface area contributed by atoms with Crippen LogP contribution >= 0.6 is 0 Å². The Morgan fingerprint density at radius 2 is 2.23 bits per heavy atom. The van der Waals surface area contributed by atoms with E-state index in [2.05, 4.69) is 6.07 Å². The molecule has 0 amide bonds. The first kappa shape index (κ1) is 9.56. The minimum absolute atomic E-state index is 0.0606. The molecule has 1 aromatic rings. The zero-order valence-corrected chi connectivity index (χ0v) is 7.53. The van der Waals surface area contributed by atoms with E-state index in [1.165, 1.54) is 0 Å². The Balaban J connectivity index is 2.82. The molecule has 0 saturated heterocycles. The fourth-order valence-electron chi connectivity index (χ4n) is 0.927. The Kier molecular flexibility index (Phi) is 3.30. The maximum absolute atomic E-state index is 8.74. The number of rotatable bonds is 3. The van der Waals surface area contributed by atoms with Gasteiger partial charge in [-0.25, -0.2) is 0 Å². The first-order valence-electron chi connectivity index (χ1n) is 4.13. The molecule has 1 rings (SSSR count). The maximum atomic E-state index is 8.74. The largest absolute Gasteiger partial charge is 0.488 e. The molecule has 3 heteroatoms. The molecule has 1 unspecified atom stereocenters. The van der Waals surface area contributed by atoms with E-state index in [0.29, 0.717) is 17.9 Å². The lowest BCUT2D eigenvalue weighted by atomic mass is 10.2. The van der Waals surface area contributed by atoms with Gasteiger partial charge in [-0.3, -0.25) is 0 Å². The third-order valence-electron chi connectivity index (χ3n) is 1.67. The minimum Gasteiger partial charge on any atom is -0.488 e. The number of ether oxygens (including phenoxy) is 1. The van der Waals surface area contributed by atoms with Gasteiger partial charge in [-0.1, -0.05) is 12.1 Å². The molecule has 0 aromatic heterocycles. The van der Waals surface area contributed by atoms with E-state index in [-0.39, 0.29) is 6.10 Å². The summed E-state index contributed by atoms with van der Waals surface area (Å²) in [6.45, 7) is 2.31. The second-order valence-electron chi connectivity index (χ2n) is 2.77. The van der Waals surface area contributed by atoms with Crippen LogP contribution in [0, 0.1) is 11.3 Å². The third kappa shape index (κ3) is 2.46. The second-order valence-corrected chi connectivity index (χ2v) is 2.77. The summed E-state index contributed by atoms with van der Waals surface area (Å²) < 4.78 is 5.44. The highest BCUT2D eigenvalue weighted by Crippen LogP contribution is 2.17. The summed E-state index contributed by atoms with van der Waals surface area (Å²) in [6, 6.07) is 9.19. The van der Waals surface area contributed by atoms with E-state index in [1.807, 2.05) is 13.0 Å². The van der Waals surface area contributed by atoms with Gasteiger partial charge in [0.1, 0.15) is 17.9 Å². The fourth-order valence-corrected chi connectivity index (χ4v) is 0.927. The maximum Gasteiger partial charge on any atom is 0.137 e. The first-order chi connectivity index (χ1) is 6.27. The smallest absolute Gasteiger partial charge is 0.137 e. The van der Waals surface area contributed by atoms with Crippen LogP contribution in [0.4, 0.5) is 0 Å². The number of para-hydroxylation sites is 1. The molecule has 3 nitrogen and oxygen atoms in total. The average Bonchev–Trinajstić information content (AvgIpc) is 2.18. The van der Waals surface area contributed by atoms with Crippen LogP contribution in [0.2, 0.25) is 0 Å². The molecule has 0 bridgehead atoms. The topological polar surface area (TPSA) is 59.0 Å². The molecular formula is C10H12N2O. The van der Waals surface area contributed by atoms with Crippen molar-refractivity contribution in [2.24, 2.45) is 5.73 Å². The Morgan fingerprint density at radius 1 is 1.54 bits per heavy atom. The Labute approximate surface area is 77.7 Å². The van der Waals surface area contributed by atoms with E-state index >= 15 is 0 Å². The van der Waals surface area contributed by atoms with Crippen molar-refractivity contribution in [2.45, 2.75) is 13.0 Å². The summed E-state index contributed by atoms with van der Waals surface area (Å²) in [6.07, 6.45) is -0.0606. The Bertz CT molecular complexity index is 317. The van der Waals surface area contributed by atoms with Crippen molar-refractivity contribution in [1.82, 2.24) is 0 Å². The standard InChI is InChI=1S/C10H12N2O/c1-8(6-11)13-10-5-3-2-4-9(10)7-12/h2-5,8H,6,11H2,1H3. The van der Waals surface area contributed by atoms with Gasteiger partial charge in [-0.15, -0.1) is 0 Å². The summed E-state index contributed by atoms with van der Waals surface area (Å²) in [5.74, 6) is 0.600. The molecule has 2 N–H and O–H groups in total. The number of nitriles is 1. The molecule has 0 aliphatic carbocycles. The number of nitrogens with zero attached hydrogens (tertiary/aromatic N) is 1. The monoisotopic (exact) mass is 176 g/mol. The van der Waals surface area contributed by atoms with Crippen molar-refractivity contribution in [3.63, 3.8) is 0 Å². The highest BCUT2D eigenvalue weighted by molar-refractivity contribution is 5.42. The molecular weight excluding hydrogens is 164 g/mol. The quantitative estimate of drug-likeness (QED) is 0.754. The van der Waals surface area contributed by atoms with Crippen LogP contribution in [0.1, 0.15) is 12.5 Å². The van der Waals surface area contributed by atoms with E-state index in [1.54, 1.807) is 18.2 Å². The second kappa shape index (κ2) is 4.48. The average molecular weight is 176 g/mol. The van der Waals surface area contributed by atoms with Crippen LogP contribution in [0.25, 0.3) is 0 Å². The van der Waals surface area contributed by atoms with Gasteiger partial charge in [0.25, 0.3) is 0 Å². The summed E-state index contributed by atoms with van der Waals surface area (Å²) >= 11 is 0. The fraction of sp³-hybridized carbons (Fsp3) is 0.300. The lowest BCUT2D eigenvalue weighted by molar-refractivity contribution is 0.229. The number of benzene rings is 1. The van der Waals surface area contributed by atoms with Crippen molar-refractivity contribution < 1.29 is 4.74 Å². The molecule has 0 aliphatic heterocycles. The summed E-state index contributed by atoms with van der Waals surface area (Å²) in [7, 11) is 0. The van der Waals surface area contributed by atoms with Crippen molar-refractivity contribution in [2.75, 3.05) is 6.54 Å². The number of nitrogens with two attached hydrogens (primary N) is 1. The number of hydrogen-bond acceptors (Lipinski definition) is 3. The summed E-state index contributed by atoms with van der Waals surface area (Å²) in [5.41, 5.74) is 5.95. The first-order valence-corrected chi connectivity index (χ1v) is 4.13. The van der Waals surface area contributed by atoms with Gasteiger partial charge in [0.05, 0.1) is 5.56 Å². The highest BCUT2D eigenvalue weighted by Gasteiger charge is 2.05. The van der Waals surface area contributed by atoms with Crippen molar-refractivity contribution >= 4 is 0 Å². The lowest BCUT2D eigenvalue weighted by Crippen LogP contribution is -2.23. The van der Waals surface area contributed by atoms with Gasteiger partial charge in [-0.2, -0.15) is 5.26 Å². The van der Waals surface area contributed by atoms with Gasteiger partial charge in [0.2, 0.25) is 0 Å². The predicted octanol–water partition coefficient (Wildman–Crippen LogP) is 1.28. The van der Waals surface area contributed by atoms with Crippen LogP contribution in [-0.4, -0.2) is 12.6 Å². The molecule has 0 radical (unpaired) electrons. The molecule has 1 aromatic carbocycles. The van der Waals surface area contributed by atoms with E-state index in [9.17, 15) is 0 Å². The molecule has 13 heavy (non-hydrogen) atoms. The van der Waals surface area contributed by atoms with Crippen LogP contribution in [0.3, 0.4) is 0 Å². The van der Waals surface area contributed by atoms with Crippen molar-refractivity contribution in [3.05, 3.63) is 29.8 Å². The molecule has 0 aliphatic rings. The van der Waals surface area contributed by atoms with Gasteiger partial charge >= 0.3 is 0 Å². The zero-order valence-electron chi connectivity index (χ0n) is 7.53. The predicted molar refractivity (Wildman–Crippen MR) is 50.3 cm³/mol. The summed E-state index contributed by atoms with van der Waals surface area (Å²) in [4.78, 5) is 0. The van der Waals surface area contributed by atoms with Gasteiger partial charge in [0.15, 0.2) is 0 Å².